The second-order valence-corrected chi connectivity index (χ2v) is 6.37. The molecule has 0 atom stereocenters. The molecule has 0 aliphatic carbocycles. The molecular formula is C23H16O. The molecule has 0 radical (unpaired) electrons. The summed E-state index contributed by atoms with van der Waals surface area (Å²) in [6, 6.07) is 27.9. The Hall–Kier alpha value is -3.06. The maximum absolute atomic E-state index is 5.99. The Morgan fingerprint density at radius 3 is 2.29 bits per heavy atom. The van der Waals surface area contributed by atoms with E-state index in [1.807, 2.05) is 0 Å². The van der Waals surface area contributed by atoms with Gasteiger partial charge in [0.25, 0.3) is 0 Å². The van der Waals surface area contributed by atoms with E-state index >= 15 is 0 Å². The number of furan rings is 1. The molecule has 0 unspecified atom stereocenters. The van der Waals surface area contributed by atoms with Crippen molar-refractivity contribution in [2.75, 3.05) is 0 Å². The molecule has 0 saturated carbocycles. The lowest BCUT2D eigenvalue weighted by Gasteiger charge is -2.04. The monoisotopic (exact) mass is 308 g/mol. The van der Waals surface area contributed by atoms with Crippen LogP contribution in [0.15, 0.2) is 83.3 Å². The molecule has 4 aromatic carbocycles. The average molecular weight is 308 g/mol. The standard InChI is InChI=1S/C23H16O/c1-15-6-10-20-21-14-19(9-11-22(21)24-23(20)12-15)18-8-7-16-4-2-3-5-17(16)13-18/h2-14H,1H3. The number of aryl methyl sites for hydroxylation is 1. The van der Waals surface area contributed by atoms with E-state index in [2.05, 4.69) is 85.8 Å². The van der Waals surface area contributed by atoms with Gasteiger partial charge in [-0.25, -0.2) is 0 Å². The molecule has 1 nitrogen and oxygen atoms in total. The second kappa shape index (κ2) is 4.97. The Balaban J connectivity index is 1.74. The molecule has 0 aliphatic heterocycles. The Kier molecular flexibility index (Phi) is 2.77. The SMILES string of the molecule is Cc1ccc2c(c1)oc1ccc(-c3ccc4ccccc4c3)cc12. The van der Waals surface area contributed by atoms with E-state index in [0.29, 0.717) is 0 Å². The van der Waals surface area contributed by atoms with Crippen LogP contribution in [0, 0.1) is 6.92 Å². The molecule has 24 heavy (non-hydrogen) atoms. The summed E-state index contributed by atoms with van der Waals surface area (Å²) in [5, 5.41) is 4.89. The fraction of sp³-hybridized carbons (Fsp3) is 0.0435. The Morgan fingerprint density at radius 2 is 1.38 bits per heavy atom. The smallest absolute Gasteiger partial charge is 0.135 e. The van der Waals surface area contributed by atoms with Gasteiger partial charge in [0.2, 0.25) is 0 Å². The van der Waals surface area contributed by atoms with Crippen LogP contribution < -0.4 is 0 Å². The van der Waals surface area contributed by atoms with Gasteiger partial charge in [-0.2, -0.15) is 0 Å². The Labute approximate surface area is 140 Å². The van der Waals surface area contributed by atoms with Crippen molar-refractivity contribution in [1.29, 1.82) is 0 Å². The first-order chi connectivity index (χ1) is 11.8. The Bertz CT molecular complexity index is 1210. The molecule has 1 aromatic heterocycles. The summed E-state index contributed by atoms with van der Waals surface area (Å²) in [7, 11) is 0. The maximum Gasteiger partial charge on any atom is 0.135 e. The highest BCUT2D eigenvalue weighted by Crippen LogP contribution is 2.33. The third-order valence-corrected chi connectivity index (χ3v) is 4.71. The van der Waals surface area contributed by atoms with Gasteiger partial charge >= 0.3 is 0 Å². The van der Waals surface area contributed by atoms with Gasteiger partial charge in [0, 0.05) is 10.8 Å². The minimum Gasteiger partial charge on any atom is -0.456 e. The van der Waals surface area contributed by atoms with E-state index < -0.39 is 0 Å². The summed E-state index contributed by atoms with van der Waals surface area (Å²) >= 11 is 0. The van der Waals surface area contributed by atoms with Gasteiger partial charge in [0.05, 0.1) is 0 Å². The lowest BCUT2D eigenvalue weighted by atomic mass is 9.99. The van der Waals surface area contributed by atoms with Crippen LogP contribution in [0.3, 0.4) is 0 Å². The van der Waals surface area contributed by atoms with Crippen LogP contribution >= 0.6 is 0 Å². The molecule has 5 aromatic rings. The van der Waals surface area contributed by atoms with Crippen molar-refractivity contribution in [2.45, 2.75) is 6.92 Å². The zero-order valence-corrected chi connectivity index (χ0v) is 13.4. The van der Waals surface area contributed by atoms with Gasteiger partial charge in [-0.05, 0) is 58.7 Å². The largest absolute Gasteiger partial charge is 0.456 e. The van der Waals surface area contributed by atoms with Crippen LogP contribution in [0.2, 0.25) is 0 Å². The molecule has 0 saturated heterocycles. The van der Waals surface area contributed by atoms with Gasteiger partial charge in [-0.15, -0.1) is 0 Å². The molecule has 0 amide bonds. The summed E-state index contributed by atoms with van der Waals surface area (Å²) in [5.41, 5.74) is 5.57. The van der Waals surface area contributed by atoms with Crippen molar-refractivity contribution in [3.63, 3.8) is 0 Å². The van der Waals surface area contributed by atoms with Gasteiger partial charge in [0.1, 0.15) is 11.2 Å². The fourth-order valence-corrected chi connectivity index (χ4v) is 3.43. The summed E-state index contributed by atoms with van der Waals surface area (Å²) in [4.78, 5) is 0. The minimum atomic E-state index is 0.945. The van der Waals surface area contributed by atoms with E-state index in [4.69, 9.17) is 4.42 Å². The number of hydrogen-bond acceptors (Lipinski definition) is 1. The lowest BCUT2D eigenvalue weighted by Crippen LogP contribution is -1.79. The molecule has 5 rings (SSSR count). The van der Waals surface area contributed by atoms with Gasteiger partial charge in [0.15, 0.2) is 0 Å². The van der Waals surface area contributed by atoms with Crippen molar-refractivity contribution in [2.24, 2.45) is 0 Å². The second-order valence-electron chi connectivity index (χ2n) is 6.37. The normalized spacial score (nSPS) is 11.5. The van der Waals surface area contributed by atoms with Gasteiger partial charge in [-0.3, -0.25) is 0 Å². The first-order valence-electron chi connectivity index (χ1n) is 8.20. The van der Waals surface area contributed by atoms with Crippen LogP contribution in [0.1, 0.15) is 5.56 Å². The third-order valence-electron chi connectivity index (χ3n) is 4.71. The van der Waals surface area contributed by atoms with E-state index in [9.17, 15) is 0 Å². The van der Waals surface area contributed by atoms with Crippen LogP contribution in [0.4, 0.5) is 0 Å². The molecule has 1 heteroatoms. The molecule has 1 heterocycles. The van der Waals surface area contributed by atoms with E-state index in [0.717, 1.165) is 11.2 Å². The van der Waals surface area contributed by atoms with E-state index in [1.54, 1.807) is 0 Å². The topological polar surface area (TPSA) is 13.1 Å². The number of benzene rings is 4. The van der Waals surface area contributed by atoms with Crippen molar-refractivity contribution >= 4 is 32.7 Å². The van der Waals surface area contributed by atoms with Crippen molar-refractivity contribution in [3.05, 3.63) is 84.4 Å². The highest BCUT2D eigenvalue weighted by molar-refractivity contribution is 6.06. The lowest BCUT2D eigenvalue weighted by molar-refractivity contribution is 0.668. The van der Waals surface area contributed by atoms with Crippen LogP contribution in [0.25, 0.3) is 43.8 Å². The molecule has 0 bridgehead atoms. The molecular weight excluding hydrogens is 292 g/mol. The van der Waals surface area contributed by atoms with Crippen molar-refractivity contribution < 1.29 is 4.42 Å². The summed E-state index contributed by atoms with van der Waals surface area (Å²) in [5.74, 6) is 0. The number of rotatable bonds is 1. The zero-order valence-electron chi connectivity index (χ0n) is 13.4. The number of fused-ring (bicyclic) bond motifs is 4. The Morgan fingerprint density at radius 1 is 0.583 bits per heavy atom. The number of hydrogen-bond donors (Lipinski definition) is 0. The summed E-state index contributed by atoms with van der Waals surface area (Å²) < 4.78 is 5.99. The minimum absolute atomic E-state index is 0.945. The average Bonchev–Trinajstić information content (AvgIpc) is 2.97. The molecule has 0 aliphatic rings. The molecule has 114 valence electrons. The van der Waals surface area contributed by atoms with Crippen molar-refractivity contribution in [3.8, 4) is 11.1 Å². The van der Waals surface area contributed by atoms with E-state index in [1.165, 1.54) is 38.2 Å². The van der Waals surface area contributed by atoms with Gasteiger partial charge in [-0.1, -0.05) is 54.6 Å². The van der Waals surface area contributed by atoms with Crippen LogP contribution in [0.5, 0.6) is 0 Å². The van der Waals surface area contributed by atoms with Gasteiger partial charge < -0.3 is 4.42 Å². The van der Waals surface area contributed by atoms with Crippen LogP contribution in [-0.4, -0.2) is 0 Å². The van der Waals surface area contributed by atoms with E-state index in [-0.39, 0.29) is 0 Å². The zero-order chi connectivity index (χ0) is 16.1. The maximum atomic E-state index is 5.99. The predicted octanol–water partition coefficient (Wildman–Crippen LogP) is 6.71. The van der Waals surface area contributed by atoms with Crippen molar-refractivity contribution in [1.82, 2.24) is 0 Å². The fourth-order valence-electron chi connectivity index (χ4n) is 3.43. The van der Waals surface area contributed by atoms with Crippen LogP contribution in [-0.2, 0) is 0 Å². The summed E-state index contributed by atoms with van der Waals surface area (Å²) in [6.45, 7) is 2.09. The summed E-state index contributed by atoms with van der Waals surface area (Å²) in [6.07, 6.45) is 0. The molecule has 0 spiro atoms. The first kappa shape index (κ1) is 13.4. The highest BCUT2D eigenvalue weighted by atomic mass is 16.3. The quantitative estimate of drug-likeness (QED) is 0.335. The molecule has 0 fully saturated rings. The first-order valence-corrected chi connectivity index (χ1v) is 8.20. The third kappa shape index (κ3) is 2.02. The molecule has 0 N–H and O–H groups in total. The predicted molar refractivity (Wildman–Crippen MR) is 101 cm³/mol. The highest BCUT2D eigenvalue weighted by Gasteiger charge is 2.09.